The Morgan fingerprint density at radius 1 is 1.38 bits per heavy atom. The van der Waals surface area contributed by atoms with E-state index in [9.17, 15) is 0 Å². The summed E-state index contributed by atoms with van der Waals surface area (Å²) in [5, 5.41) is 4.13. The van der Waals surface area contributed by atoms with E-state index in [1.165, 1.54) is 12.8 Å². The fraction of sp³-hybridized carbons (Fsp3) is 0.545. The van der Waals surface area contributed by atoms with E-state index in [-0.39, 0.29) is 11.4 Å². The van der Waals surface area contributed by atoms with Gasteiger partial charge < -0.3 is 5.32 Å². The number of hydrogen-bond acceptors (Lipinski definition) is 2. The maximum atomic E-state index is 6.27. The third kappa shape index (κ3) is 3.02. The van der Waals surface area contributed by atoms with Gasteiger partial charge in [0.2, 0.25) is 0 Å². The normalized spacial score (nSPS) is 25.4. The summed E-state index contributed by atoms with van der Waals surface area (Å²) in [5.41, 5.74) is 0. The predicted octanol–water partition coefficient (Wildman–Crippen LogP) is 4.46. The summed E-state index contributed by atoms with van der Waals surface area (Å²) in [5.74, 6) is 0.724. The highest BCUT2D eigenvalue weighted by molar-refractivity contribution is 9.10. The molecule has 0 aliphatic heterocycles. The van der Waals surface area contributed by atoms with Crippen LogP contribution in [0.15, 0.2) is 16.7 Å². The molecule has 0 amide bonds. The Morgan fingerprint density at radius 2 is 2.12 bits per heavy atom. The van der Waals surface area contributed by atoms with Crippen molar-refractivity contribution in [3.8, 4) is 0 Å². The molecule has 1 aliphatic rings. The molecule has 0 spiro atoms. The first-order valence-electron chi connectivity index (χ1n) is 5.38. The molecule has 0 bridgehead atoms. The minimum absolute atomic E-state index is 0.176. The molecule has 1 saturated carbocycles. The summed E-state index contributed by atoms with van der Waals surface area (Å²) in [4.78, 5) is 4.26. The van der Waals surface area contributed by atoms with Crippen LogP contribution in [0.25, 0.3) is 0 Å². The Kier molecular flexibility index (Phi) is 4.34. The molecule has 2 atom stereocenters. The summed E-state index contributed by atoms with van der Waals surface area (Å²) in [6, 6.07) is 2.12. The van der Waals surface area contributed by atoms with Crippen molar-refractivity contribution in [2.75, 3.05) is 5.32 Å². The number of anilines is 1. The van der Waals surface area contributed by atoms with Crippen LogP contribution in [0.5, 0.6) is 0 Å². The summed E-state index contributed by atoms with van der Waals surface area (Å²) >= 11 is 15.7. The fourth-order valence-electron chi connectivity index (χ4n) is 1.94. The third-order valence-electron chi connectivity index (χ3n) is 2.81. The Labute approximate surface area is 114 Å². The van der Waals surface area contributed by atoms with Crippen LogP contribution in [0.1, 0.15) is 25.7 Å². The highest BCUT2D eigenvalue weighted by atomic mass is 79.9. The number of alkyl halides is 1. The van der Waals surface area contributed by atoms with Gasteiger partial charge in [0.15, 0.2) is 0 Å². The number of rotatable bonds is 2. The predicted molar refractivity (Wildman–Crippen MR) is 72.5 cm³/mol. The van der Waals surface area contributed by atoms with Gasteiger partial charge in [0.1, 0.15) is 5.82 Å². The highest BCUT2D eigenvalue weighted by Gasteiger charge is 2.23. The minimum atomic E-state index is 0.176. The molecule has 1 fully saturated rings. The van der Waals surface area contributed by atoms with Crippen LogP contribution in [0, 0.1) is 0 Å². The largest absolute Gasteiger partial charge is 0.365 e. The lowest BCUT2D eigenvalue weighted by Gasteiger charge is -2.28. The second-order valence-electron chi connectivity index (χ2n) is 4.04. The molecular weight excluding hydrogens is 311 g/mol. The number of aromatic nitrogens is 1. The van der Waals surface area contributed by atoms with Crippen molar-refractivity contribution in [3.63, 3.8) is 0 Å². The molecule has 2 nitrogen and oxygen atoms in total. The average molecular weight is 324 g/mol. The lowest BCUT2D eigenvalue weighted by Crippen LogP contribution is -2.33. The number of halogens is 3. The molecule has 1 N–H and O–H groups in total. The van der Waals surface area contributed by atoms with Crippen LogP contribution in [-0.2, 0) is 0 Å². The van der Waals surface area contributed by atoms with E-state index in [2.05, 4.69) is 26.2 Å². The van der Waals surface area contributed by atoms with Crippen molar-refractivity contribution in [3.05, 3.63) is 21.8 Å². The molecule has 2 rings (SSSR count). The molecule has 88 valence electrons. The van der Waals surface area contributed by atoms with Crippen molar-refractivity contribution in [2.24, 2.45) is 0 Å². The standard InChI is InChI=1S/C11H13BrCl2N2/c12-7-5-9(14)11(15-6-7)16-10-4-2-1-3-8(10)13/h5-6,8,10H,1-4H2,(H,15,16). The maximum Gasteiger partial charge on any atom is 0.145 e. The van der Waals surface area contributed by atoms with Gasteiger partial charge in [-0.15, -0.1) is 11.6 Å². The Bertz CT molecular complexity index is 373. The van der Waals surface area contributed by atoms with Crippen LogP contribution in [0.2, 0.25) is 5.02 Å². The van der Waals surface area contributed by atoms with Gasteiger partial charge in [0, 0.05) is 16.7 Å². The highest BCUT2D eigenvalue weighted by Crippen LogP contribution is 2.29. The first-order chi connectivity index (χ1) is 7.66. The number of nitrogens with one attached hydrogen (secondary N) is 1. The van der Waals surface area contributed by atoms with E-state index < -0.39 is 0 Å². The molecule has 1 aromatic rings. The van der Waals surface area contributed by atoms with E-state index in [1.54, 1.807) is 6.20 Å². The first-order valence-corrected chi connectivity index (χ1v) is 6.99. The molecule has 1 aliphatic carbocycles. The van der Waals surface area contributed by atoms with E-state index in [4.69, 9.17) is 23.2 Å². The Balaban J connectivity index is 2.07. The molecule has 1 heterocycles. The quantitative estimate of drug-likeness (QED) is 0.813. The number of hydrogen-bond donors (Lipinski definition) is 1. The number of nitrogens with zero attached hydrogens (tertiary/aromatic N) is 1. The lowest BCUT2D eigenvalue weighted by molar-refractivity contribution is 0.468. The van der Waals surface area contributed by atoms with Gasteiger partial charge in [0.05, 0.1) is 10.4 Å². The van der Waals surface area contributed by atoms with Crippen molar-refractivity contribution in [1.29, 1.82) is 0 Å². The first kappa shape index (κ1) is 12.5. The van der Waals surface area contributed by atoms with Gasteiger partial charge in [-0.3, -0.25) is 0 Å². The Hall–Kier alpha value is 0.01000. The van der Waals surface area contributed by atoms with Crippen LogP contribution >= 0.6 is 39.1 Å². The van der Waals surface area contributed by atoms with Gasteiger partial charge in [-0.25, -0.2) is 4.98 Å². The average Bonchev–Trinajstić information content (AvgIpc) is 2.25. The fourth-order valence-corrected chi connectivity index (χ4v) is 2.97. The van der Waals surface area contributed by atoms with Crippen molar-refractivity contribution >= 4 is 44.9 Å². The van der Waals surface area contributed by atoms with Crippen LogP contribution in [0.4, 0.5) is 5.82 Å². The molecule has 1 aromatic heterocycles. The zero-order valence-electron chi connectivity index (χ0n) is 8.72. The molecule has 0 saturated heterocycles. The van der Waals surface area contributed by atoms with E-state index in [1.807, 2.05) is 6.07 Å². The third-order valence-corrected chi connectivity index (χ3v) is 4.06. The van der Waals surface area contributed by atoms with Crippen LogP contribution < -0.4 is 5.32 Å². The van der Waals surface area contributed by atoms with Crippen LogP contribution in [0.3, 0.4) is 0 Å². The van der Waals surface area contributed by atoms with Gasteiger partial charge in [-0.1, -0.05) is 24.4 Å². The number of pyridine rings is 1. The molecule has 2 unspecified atom stereocenters. The lowest BCUT2D eigenvalue weighted by atomic mass is 9.95. The SMILES string of the molecule is Clc1cc(Br)cnc1NC1CCCCC1Cl. The topological polar surface area (TPSA) is 24.9 Å². The van der Waals surface area contributed by atoms with Gasteiger partial charge in [-0.05, 0) is 34.8 Å². The van der Waals surface area contributed by atoms with Crippen molar-refractivity contribution in [1.82, 2.24) is 4.98 Å². The second kappa shape index (κ2) is 5.56. The minimum Gasteiger partial charge on any atom is -0.365 e. The van der Waals surface area contributed by atoms with E-state index in [0.29, 0.717) is 5.02 Å². The Morgan fingerprint density at radius 3 is 2.81 bits per heavy atom. The molecule has 0 aromatic carbocycles. The van der Waals surface area contributed by atoms with Crippen molar-refractivity contribution < 1.29 is 0 Å². The van der Waals surface area contributed by atoms with E-state index >= 15 is 0 Å². The molecular formula is C11H13BrCl2N2. The van der Waals surface area contributed by atoms with Gasteiger partial charge in [-0.2, -0.15) is 0 Å². The molecule has 16 heavy (non-hydrogen) atoms. The van der Waals surface area contributed by atoms with E-state index in [0.717, 1.165) is 23.1 Å². The summed E-state index contributed by atoms with van der Waals surface area (Å²) < 4.78 is 0.883. The molecule has 5 heteroatoms. The van der Waals surface area contributed by atoms with Gasteiger partial charge in [0.25, 0.3) is 0 Å². The maximum absolute atomic E-state index is 6.27. The zero-order valence-corrected chi connectivity index (χ0v) is 11.8. The van der Waals surface area contributed by atoms with Gasteiger partial charge >= 0.3 is 0 Å². The van der Waals surface area contributed by atoms with Crippen molar-refractivity contribution in [2.45, 2.75) is 37.1 Å². The summed E-state index contributed by atoms with van der Waals surface area (Å²) in [7, 11) is 0. The summed E-state index contributed by atoms with van der Waals surface area (Å²) in [6.07, 6.45) is 6.32. The second-order valence-corrected chi connectivity index (χ2v) is 5.92. The van der Waals surface area contributed by atoms with Crippen LogP contribution in [-0.4, -0.2) is 16.4 Å². The zero-order chi connectivity index (χ0) is 11.5. The monoisotopic (exact) mass is 322 g/mol. The smallest absolute Gasteiger partial charge is 0.145 e. The summed E-state index contributed by atoms with van der Waals surface area (Å²) in [6.45, 7) is 0. The molecule has 0 radical (unpaired) electrons.